The van der Waals surface area contributed by atoms with Crippen LogP contribution in [0.4, 0.5) is 0 Å². The van der Waals surface area contributed by atoms with Crippen molar-refractivity contribution in [3.8, 4) is 5.75 Å². The molecule has 0 aliphatic rings. The van der Waals surface area contributed by atoms with Crippen LogP contribution in [-0.4, -0.2) is 18.2 Å². The maximum atomic E-state index is 11.5. The van der Waals surface area contributed by atoms with Gasteiger partial charge in [-0.3, -0.25) is 0 Å². The Labute approximate surface area is 122 Å². The number of ether oxygens (including phenoxy) is 2. The zero-order valence-electron chi connectivity index (χ0n) is 13.1. The first-order valence-electron chi connectivity index (χ1n) is 7.34. The van der Waals surface area contributed by atoms with Crippen molar-refractivity contribution >= 4 is 5.97 Å². The molecule has 20 heavy (non-hydrogen) atoms. The van der Waals surface area contributed by atoms with Crippen LogP contribution < -0.4 is 4.74 Å². The molecule has 0 bridgehead atoms. The topological polar surface area (TPSA) is 35.5 Å². The summed E-state index contributed by atoms with van der Waals surface area (Å²) in [5, 5.41) is 0. The van der Waals surface area contributed by atoms with E-state index < -0.39 is 5.60 Å². The van der Waals surface area contributed by atoms with E-state index in [9.17, 15) is 4.79 Å². The summed E-state index contributed by atoms with van der Waals surface area (Å²) in [5.74, 6) is 0.361. The quantitative estimate of drug-likeness (QED) is 0.555. The molecular formula is C17H26O3. The highest BCUT2D eigenvalue weighted by Crippen LogP contribution is 2.15. The van der Waals surface area contributed by atoms with Gasteiger partial charge >= 0.3 is 5.97 Å². The average molecular weight is 278 g/mol. The Balaban J connectivity index is 2.36. The monoisotopic (exact) mass is 278 g/mol. The molecule has 3 nitrogen and oxygen atoms in total. The van der Waals surface area contributed by atoms with E-state index in [-0.39, 0.29) is 12.6 Å². The maximum Gasteiger partial charge on any atom is 0.344 e. The molecule has 0 saturated carbocycles. The van der Waals surface area contributed by atoms with Crippen LogP contribution in [0.15, 0.2) is 24.3 Å². The predicted molar refractivity (Wildman–Crippen MR) is 81.0 cm³/mol. The van der Waals surface area contributed by atoms with E-state index in [0.29, 0.717) is 5.75 Å². The van der Waals surface area contributed by atoms with Gasteiger partial charge < -0.3 is 9.47 Å². The molecule has 0 spiro atoms. The smallest absolute Gasteiger partial charge is 0.344 e. The van der Waals surface area contributed by atoms with E-state index in [1.165, 1.54) is 24.8 Å². The summed E-state index contributed by atoms with van der Waals surface area (Å²) in [6.07, 6.45) is 4.81. The Morgan fingerprint density at radius 1 is 1.10 bits per heavy atom. The van der Waals surface area contributed by atoms with E-state index in [0.717, 1.165) is 6.42 Å². The fourth-order valence-corrected chi connectivity index (χ4v) is 1.84. The minimum Gasteiger partial charge on any atom is -0.482 e. The van der Waals surface area contributed by atoms with E-state index in [2.05, 4.69) is 19.1 Å². The summed E-state index contributed by atoms with van der Waals surface area (Å²) in [6.45, 7) is 7.68. The van der Waals surface area contributed by atoms with Crippen molar-refractivity contribution in [1.82, 2.24) is 0 Å². The van der Waals surface area contributed by atoms with Gasteiger partial charge in [0.05, 0.1) is 0 Å². The SMILES string of the molecule is CCCCCc1ccc(OCC(=O)OC(C)(C)C)cc1. The fourth-order valence-electron chi connectivity index (χ4n) is 1.84. The molecule has 0 fully saturated rings. The maximum absolute atomic E-state index is 11.5. The Hall–Kier alpha value is -1.51. The molecule has 0 saturated heterocycles. The van der Waals surface area contributed by atoms with Gasteiger partial charge in [-0.15, -0.1) is 0 Å². The number of unbranched alkanes of at least 4 members (excludes halogenated alkanes) is 2. The lowest BCUT2D eigenvalue weighted by Gasteiger charge is -2.19. The lowest BCUT2D eigenvalue weighted by molar-refractivity contribution is -0.157. The Bertz CT molecular complexity index is 401. The minimum atomic E-state index is -0.469. The second-order valence-electron chi connectivity index (χ2n) is 5.98. The van der Waals surface area contributed by atoms with E-state index in [1.807, 2.05) is 32.9 Å². The Kier molecular flexibility index (Phi) is 6.56. The minimum absolute atomic E-state index is 0.0492. The van der Waals surface area contributed by atoms with Crippen LogP contribution >= 0.6 is 0 Å². The number of esters is 1. The molecule has 0 amide bonds. The van der Waals surface area contributed by atoms with Gasteiger partial charge in [0.1, 0.15) is 11.4 Å². The van der Waals surface area contributed by atoms with Crippen LogP contribution in [0, 0.1) is 0 Å². The van der Waals surface area contributed by atoms with Gasteiger partial charge in [0.25, 0.3) is 0 Å². The summed E-state index contributed by atoms with van der Waals surface area (Å²) in [6, 6.07) is 7.93. The van der Waals surface area contributed by atoms with Crippen LogP contribution in [-0.2, 0) is 16.0 Å². The highest BCUT2D eigenvalue weighted by Gasteiger charge is 2.16. The first-order valence-corrected chi connectivity index (χ1v) is 7.34. The molecule has 0 aromatic heterocycles. The van der Waals surface area contributed by atoms with E-state index >= 15 is 0 Å². The molecular weight excluding hydrogens is 252 g/mol. The number of aryl methyl sites for hydroxylation is 1. The van der Waals surface area contributed by atoms with Crippen LogP contribution in [0.3, 0.4) is 0 Å². The second-order valence-corrected chi connectivity index (χ2v) is 5.98. The molecule has 0 radical (unpaired) electrons. The van der Waals surface area contributed by atoms with Crippen molar-refractivity contribution < 1.29 is 14.3 Å². The largest absolute Gasteiger partial charge is 0.482 e. The van der Waals surface area contributed by atoms with Crippen LogP contribution in [0.2, 0.25) is 0 Å². The van der Waals surface area contributed by atoms with Crippen molar-refractivity contribution in [2.24, 2.45) is 0 Å². The molecule has 1 aromatic rings. The van der Waals surface area contributed by atoms with Gasteiger partial charge in [-0.2, -0.15) is 0 Å². The lowest BCUT2D eigenvalue weighted by atomic mass is 10.1. The molecule has 0 N–H and O–H groups in total. The van der Waals surface area contributed by atoms with Gasteiger partial charge in [0.15, 0.2) is 6.61 Å². The normalized spacial score (nSPS) is 11.2. The Morgan fingerprint density at radius 2 is 1.75 bits per heavy atom. The van der Waals surface area contributed by atoms with Gasteiger partial charge in [-0.05, 0) is 51.3 Å². The molecule has 0 unspecified atom stereocenters. The molecule has 0 heterocycles. The summed E-state index contributed by atoms with van der Waals surface area (Å²) in [5.41, 5.74) is 0.840. The van der Waals surface area contributed by atoms with Gasteiger partial charge in [-0.1, -0.05) is 31.9 Å². The van der Waals surface area contributed by atoms with E-state index in [4.69, 9.17) is 9.47 Å². The van der Waals surface area contributed by atoms with Crippen LogP contribution in [0.5, 0.6) is 5.75 Å². The number of carbonyl (C=O) groups excluding carboxylic acids is 1. The van der Waals surface area contributed by atoms with Crippen LogP contribution in [0.1, 0.15) is 52.5 Å². The number of rotatable bonds is 7. The Morgan fingerprint density at radius 3 is 2.30 bits per heavy atom. The third-order valence-corrected chi connectivity index (χ3v) is 2.77. The molecule has 1 aromatic carbocycles. The van der Waals surface area contributed by atoms with Crippen molar-refractivity contribution in [1.29, 1.82) is 0 Å². The standard InChI is InChI=1S/C17H26O3/c1-5-6-7-8-14-9-11-15(12-10-14)19-13-16(18)20-17(2,3)4/h9-12H,5-8,13H2,1-4H3. The summed E-state index contributed by atoms with van der Waals surface area (Å²) in [7, 11) is 0. The third-order valence-electron chi connectivity index (χ3n) is 2.77. The van der Waals surface area contributed by atoms with Crippen LogP contribution in [0.25, 0.3) is 0 Å². The number of hydrogen-bond donors (Lipinski definition) is 0. The van der Waals surface area contributed by atoms with Gasteiger partial charge in [0.2, 0.25) is 0 Å². The number of benzene rings is 1. The molecule has 3 heteroatoms. The second kappa shape index (κ2) is 7.93. The summed E-state index contributed by atoms with van der Waals surface area (Å²) >= 11 is 0. The molecule has 0 aliphatic carbocycles. The molecule has 1 rings (SSSR count). The lowest BCUT2D eigenvalue weighted by Crippen LogP contribution is -2.27. The van der Waals surface area contributed by atoms with Crippen molar-refractivity contribution in [3.63, 3.8) is 0 Å². The zero-order chi connectivity index (χ0) is 15.0. The molecule has 112 valence electrons. The number of carbonyl (C=O) groups is 1. The fraction of sp³-hybridized carbons (Fsp3) is 0.588. The zero-order valence-corrected chi connectivity index (χ0v) is 13.1. The van der Waals surface area contributed by atoms with Gasteiger partial charge in [0, 0.05) is 0 Å². The van der Waals surface area contributed by atoms with E-state index in [1.54, 1.807) is 0 Å². The highest BCUT2D eigenvalue weighted by atomic mass is 16.6. The molecule has 0 atom stereocenters. The summed E-state index contributed by atoms with van der Waals surface area (Å²) in [4.78, 5) is 11.5. The van der Waals surface area contributed by atoms with Crippen molar-refractivity contribution in [2.45, 2.75) is 59.0 Å². The predicted octanol–water partition coefficient (Wildman–Crippen LogP) is 4.14. The molecule has 0 aliphatic heterocycles. The summed E-state index contributed by atoms with van der Waals surface area (Å²) < 4.78 is 10.6. The van der Waals surface area contributed by atoms with Crippen molar-refractivity contribution in [3.05, 3.63) is 29.8 Å². The highest BCUT2D eigenvalue weighted by molar-refractivity contribution is 5.71. The van der Waals surface area contributed by atoms with Crippen molar-refractivity contribution in [2.75, 3.05) is 6.61 Å². The van der Waals surface area contributed by atoms with Gasteiger partial charge in [-0.25, -0.2) is 4.79 Å². The first-order chi connectivity index (χ1) is 9.40. The average Bonchev–Trinajstić information content (AvgIpc) is 2.36. The number of hydrogen-bond acceptors (Lipinski definition) is 3. The third kappa shape index (κ3) is 7.17. The first kappa shape index (κ1) is 16.5.